The highest BCUT2D eigenvalue weighted by molar-refractivity contribution is 7.89. The summed E-state index contributed by atoms with van der Waals surface area (Å²) in [7, 11) is -2.42. The van der Waals surface area contributed by atoms with E-state index in [2.05, 4.69) is 0 Å². The van der Waals surface area contributed by atoms with E-state index in [1.807, 2.05) is 32.0 Å². The second kappa shape index (κ2) is 8.94. The van der Waals surface area contributed by atoms with E-state index in [-0.39, 0.29) is 35.9 Å². The number of hydrogen-bond acceptors (Lipinski definition) is 6. The summed E-state index contributed by atoms with van der Waals surface area (Å²) < 4.78 is 43.3. The molecule has 0 spiro atoms. The van der Waals surface area contributed by atoms with Gasteiger partial charge >= 0.3 is 5.97 Å². The Bertz CT molecular complexity index is 996. The molecule has 0 N–H and O–H groups in total. The van der Waals surface area contributed by atoms with Gasteiger partial charge in [0, 0.05) is 13.1 Å². The molecular formula is C21H25NO6S. The van der Waals surface area contributed by atoms with Crippen LogP contribution in [0.4, 0.5) is 0 Å². The van der Waals surface area contributed by atoms with E-state index in [9.17, 15) is 13.2 Å². The molecule has 29 heavy (non-hydrogen) atoms. The van der Waals surface area contributed by atoms with E-state index in [0.29, 0.717) is 13.2 Å². The smallest absolute Gasteiger partial charge is 0.338 e. The van der Waals surface area contributed by atoms with Crippen LogP contribution in [0.3, 0.4) is 0 Å². The number of nitrogens with zero attached hydrogens (tertiary/aromatic N) is 1. The quantitative estimate of drug-likeness (QED) is 0.670. The Morgan fingerprint density at radius 2 is 1.83 bits per heavy atom. The number of methoxy groups -OCH3 is 1. The number of ether oxygens (including phenoxy) is 3. The SMILES string of the molecule is COc1ccc(C(=O)OCc2cc(C)ccc2C)cc1S(=O)(=O)N1CCOCC1. The molecule has 0 atom stereocenters. The molecule has 2 aromatic carbocycles. The van der Waals surface area contributed by atoms with Crippen molar-refractivity contribution in [2.45, 2.75) is 25.3 Å². The standard InChI is InChI=1S/C21H25NO6S/c1-15-4-5-16(2)18(12-15)14-28-21(23)17-6-7-19(26-3)20(13-17)29(24,25)22-8-10-27-11-9-22/h4-7,12-13H,8-11,14H2,1-3H3. The van der Waals surface area contributed by atoms with Crippen LogP contribution in [0, 0.1) is 13.8 Å². The van der Waals surface area contributed by atoms with Gasteiger partial charge in [0.25, 0.3) is 0 Å². The maximum absolute atomic E-state index is 13.0. The highest BCUT2D eigenvalue weighted by atomic mass is 32.2. The lowest BCUT2D eigenvalue weighted by molar-refractivity contribution is 0.0471. The van der Waals surface area contributed by atoms with Gasteiger partial charge in [-0.1, -0.05) is 23.8 Å². The number of esters is 1. The van der Waals surface area contributed by atoms with Gasteiger partial charge in [-0.25, -0.2) is 13.2 Å². The molecule has 1 fully saturated rings. The lowest BCUT2D eigenvalue weighted by Gasteiger charge is -2.26. The number of carbonyl (C=O) groups is 1. The minimum absolute atomic E-state index is 0.0527. The number of aryl methyl sites for hydroxylation is 2. The molecule has 1 saturated heterocycles. The molecule has 0 radical (unpaired) electrons. The number of benzene rings is 2. The Hall–Kier alpha value is -2.42. The Labute approximate surface area is 171 Å². The molecule has 2 aromatic rings. The van der Waals surface area contributed by atoms with Crippen LogP contribution in [0.25, 0.3) is 0 Å². The summed E-state index contributed by atoms with van der Waals surface area (Å²) in [5, 5.41) is 0. The van der Waals surface area contributed by atoms with Crippen molar-refractivity contribution in [2.24, 2.45) is 0 Å². The maximum Gasteiger partial charge on any atom is 0.338 e. The van der Waals surface area contributed by atoms with Gasteiger partial charge < -0.3 is 14.2 Å². The molecule has 1 aliphatic heterocycles. The molecular weight excluding hydrogens is 394 g/mol. The van der Waals surface area contributed by atoms with Gasteiger partial charge in [-0.3, -0.25) is 0 Å². The van der Waals surface area contributed by atoms with Gasteiger partial charge in [-0.2, -0.15) is 4.31 Å². The predicted molar refractivity (Wildman–Crippen MR) is 108 cm³/mol. The molecule has 1 heterocycles. The summed E-state index contributed by atoms with van der Waals surface area (Å²) in [6.07, 6.45) is 0. The summed E-state index contributed by atoms with van der Waals surface area (Å²) in [4.78, 5) is 12.5. The Morgan fingerprint density at radius 1 is 1.10 bits per heavy atom. The molecule has 8 heteroatoms. The average molecular weight is 419 g/mol. The van der Waals surface area contributed by atoms with Gasteiger partial charge in [0.15, 0.2) is 0 Å². The molecule has 1 aliphatic rings. The van der Waals surface area contributed by atoms with Crippen molar-refractivity contribution in [3.8, 4) is 5.75 Å². The minimum Gasteiger partial charge on any atom is -0.495 e. The third-order valence-electron chi connectivity index (χ3n) is 4.85. The minimum atomic E-state index is -3.82. The third kappa shape index (κ3) is 4.77. The van der Waals surface area contributed by atoms with Crippen molar-refractivity contribution in [1.82, 2.24) is 4.31 Å². The lowest BCUT2D eigenvalue weighted by atomic mass is 10.1. The monoisotopic (exact) mass is 419 g/mol. The first-order valence-electron chi connectivity index (χ1n) is 9.32. The van der Waals surface area contributed by atoms with Gasteiger partial charge in [-0.15, -0.1) is 0 Å². The van der Waals surface area contributed by atoms with E-state index in [0.717, 1.165) is 16.7 Å². The van der Waals surface area contributed by atoms with Crippen molar-refractivity contribution in [3.63, 3.8) is 0 Å². The van der Waals surface area contributed by atoms with E-state index < -0.39 is 16.0 Å². The predicted octanol–water partition coefficient (Wildman–Crippen LogP) is 2.69. The van der Waals surface area contributed by atoms with Crippen LogP contribution >= 0.6 is 0 Å². The zero-order chi connectivity index (χ0) is 21.0. The van der Waals surface area contributed by atoms with E-state index in [4.69, 9.17) is 14.2 Å². The molecule has 3 rings (SSSR count). The summed E-state index contributed by atoms with van der Waals surface area (Å²) in [6.45, 7) is 5.21. The summed E-state index contributed by atoms with van der Waals surface area (Å²) in [6, 6.07) is 10.2. The highest BCUT2D eigenvalue weighted by Crippen LogP contribution is 2.29. The summed E-state index contributed by atoms with van der Waals surface area (Å²) >= 11 is 0. The van der Waals surface area contributed by atoms with E-state index in [1.54, 1.807) is 0 Å². The molecule has 0 saturated carbocycles. The van der Waals surface area contributed by atoms with Gasteiger partial charge in [0.1, 0.15) is 17.3 Å². The van der Waals surface area contributed by atoms with Gasteiger partial charge in [0.2, 0.25) is 10.0 Å². The Morgan fingerprint density at radius 3 is 2.52 bits per heavy atom. The molecule has 0 bridgehead atoms. The molecule has 0 amide bonds. The molecule has 0 unspecified atom stereocenters. The summed E-state index contributed by atoms with van der Waals surface area (Å²) in [5.74, 6) is -0.408. The fraction of sp³-hybridized carbons (Fsp3) is 0.381. The number of carbonyl (C=O) groups excluding carboxylic acids is 1. The van der Waals surface area contributed by atoms with Crippen molar-refractivity contribution in [2.75, 3.05) is 33.4 Å². The van der Waals surface area contributed by atoms with Crippen LogP contribution in [0.15, 0.2) is 41.3 Å². The number of sulfonamides is 1. The summed E-state index contributed by atoms with van der Waals surface area (Å²) in [5.41, 5.74) is 3.16. The highest BCUT2D eigenvalue weighted by Gasteiger charge is 2.30. The van der Waals surface area contributed by atoms with Crippen LogP contribution in [0.5, 0.6) is 5.75 Å². The van der Waals surface area contributed by atoms with Crippen LogP contribution in [0.2, 0.25) is 0 Å². The Balaban J connectivity index is 1.84. The van der Waals surface area contributed by atoms with Crippen molar-refractivity contribution in [1.29, 1.82) is 0 Å². The second-order valence-corrected chi connectivity index (χ2v) is 8.79. The molecule has 0 aliphatic carbocycles. The zero-order valence-electron chi connectivity index (χ0n) is 16.8. The average Bonchev–Trinajstić information content (AvgIpc) is 2.74. The molecule has 7 nitrogen and oxygen atoms in total. The first-order valence-corrected chi connectivity index (χ1v) is 10.8. The topological polar surface area (TPSA) is 82.1 Å². The fourth-order valence-electron chi connectivity index (χ4n) is 3.11. The Kier molecular flexibility index (Phi) is 6.56. The maximum atomic E-state index is 13.0. The zero-order valence-corrected chi connectivity index (χ0v) is 17.6. The van der Waals surface area contributed by atoms with Gasteiger partial charge in [0.05, 0.1) is 25.9 Å². The number of hydrogen-bond donors (Lipinski definition) is 0. The number of rotatable bonds is 6. The van der Waals surface area contributed by atoms with Crippen LogP contribution < -0.4 is 4.74 Å². The third-order valence-corrected chi connectivity index (χ3v) is 6.77. The normalized spacial score (nSPS) is 15.1. The van der Waals surface area contributed by atoms with E-state index >= 15 is 0 Å². The first kappa shape index (κ1) is 21.3. The second-order valence-electron chi connectivity index (χ2n) is 6.89. The van der Waals surface area contributed by atoms with Gasteiger partial charge in [-0.05, 0) is 43.2 Å². The van der Waals surface area contributed by atoms with Crippen LogP contribution in [-0.4, -0.2) is 52.1 Å². The van der Waals surface area contributed by atoms with Crippen molar-refractivity contribution in [3.05, 3.63) is 58.7 Å². The molecule has 0 aromatic heterocycles. The van der Waals surface area contributed by atoms with E-state index in [1.165, 1.54) is 29.6 Å². The van der Waals surface area contributed by atoms with Crippen molar-refractivity contribution >= 4 is 16.0 Å². The number of morpholine rings is 1. The fourth-order valence-corrected chi connectivity index (χ4v) is 4.70. The largest absolute Gasteiger partial charge is 0.495 e. The van der Waals surface area contributed by atoms with Crippen LogP contribution in [-0.2, 0) is 26.1 Å². The molecule has 156 valence electrons. The first-order chi connectivity index (χ1) is 13.8. The van der Waals surface area contributed by atoms with Crippen LogP contribution in [0.1, 0.15) is 27.0 Å². The van der Waals surface area contributed by atoms with Crippen molar-refractivity contribution < 1.29 is 27.4 Å². The lowest BCUT2D eigenvalue weighted by Crippen LogP contribution is -2.40.